The van der Waals surface area contributed by atoms with Gasteiger partial charge in [0.25, 0.3) is 0 Å². The first-order chi connectivity index (χ1) is 13.4. The van der Waals surface area contributed by atoms with Crippen molar-refractivity contribution >= 4 is 33.4 Å². The topological polar surface area (TPSA) is 88.1 Å². The van der Waals surface area contributed by atoms with E-state index in [1.54, 1.807) is 16.2 Å². The normalized spacial score (nSPS) is 13.5. The van der Waals surface area contributed by atoms with E-state index in [4.69, 9.17) is 14.6 Å². The number of rotatable bonds is 10. The van der Waals surface area contributed by atoms with Crippen LogP contribution in [0.2, 0.25) is 0 Å². The van der Waals surface area contributed by atoms with Gasteiger partial charge in [-0.05, 0) is 50.1 Å². The van der Waals surface area contributed by atoms with Gasteiger partial charge in [0, 0.05) is 24.5 Å². The molecule has 1 aromatic carbocycles. The van der Waals surface area contributed by atoms with Crippen molar-refractivity contribution in [1.29, 1.82) is 0 Å². The average Bonchev–Trinajstić information content (AvgIpc) is 3.07. The van der Waals surface area contributed by atoms with Crippen LogP contribution in [0.3, 0.4) is 0 Å². The minimum Gasteiger partial charge on any atom is -0.465 e. The molecule has 1 heterocycles. The van der Waals surface area contributed by atoms with Gasteiger partial charge in [-0.2, -0.15) is 0 Å². The molecule has 28 heavy (non-hydrogen) atoms. The van der Waals surface area contributed by atoms with Gasteiger partial charge in [0.15, 0.2) is 6.29 Å². The Hall–Kier alpha value is -2.16. The van der Waals surface area contributed by atoms with Crippen molar-refractivity contribution < 1.29 is 24.2 Å². The molecule has 2 rings (SSSR count). The lowest BCUT2D eigenvalue weighted by Crippen LogP contribution is -2.53. The van der Waals surface area contributed by atoms with Crippen molar-refractivity contribution in [1.82, 2.24) is 10.2 Å². The Balaban J connectivity index is 2.34. The van der Waals surface area contributed by atoms with Crippen LogP contribution in [0.25, 0.3) is 10.1 Å². The second-order valence-electron chi connectivity index (χ2n) is 6.41. The van der Waals surface area contributed by atoms with Gasteiger partial charge in [-0.1, -0.05) is 18.2 Å². The van der Waals surface area contributed by atoms with E-state index >= 15 is 0 Å². The maximum Gasteiger partial charge on any atom is 0.405 e. The molecular formula is C20H28N2O5S. The maximum absolute atomic E-state index is 13.1. The Kier molecular flexibility index (Phi) is 8.22. The molecule has 0 aliphatic heterocycles. The molecule has 0 aliphatic rings. The Morgan fingerprint density at radius 3 is 2.43 bits per heavy atom. The molecule has 7 nitrogen and oxygen atoms in total. The number of nitrogens with one attached hydrogen (secondary N) is 1. The molecule has 0 fully saturated rings. The lowest BCUT2D eigenvalue weighted by Gasteiger charge is -2.35. The number of hydrogen-bond acceptors (Lipinski definition) is 5. The quantitative estimate of drug-likeness (QED) is 0.586. The maximum atomic E-state index is 13.1. The first-order valence-corrected chi connectivity index (χ1v) is 10.2. The number of fused-ring (bicyclic) bond motifs is 1. The number of carbonyl (C=O) groups excluding carboxylic acids is 1. The van der Waals surface area contributed by atoms with Crippen LogP contribution in [0.5, 0.6) is 0 Å². The van der Waals surface area contributed by atoms with Gasteiger partial charge >= 0.3 is 6.09 Å². The summed E-state index contributed by atoms with van der Waals surface area (Å²) in [7, 11) is 0. The second-order valence-corrected chi connectivity index (χ2v) is 7.33. The summed E-state index contributed by atoms with van der Waals surface area (Å²) in [5, 5.41) is 14.4. The van der Waals surface area contributed by atoms with Crippen LogP contribution >= 0.6 is 11.3 Å². The molecule has 0 spiro atoms. The Labute approximate surface area is 169 Å². The van der Waals surface area contributed by atoms with E-state index in [2.05, 4.69) is 5.32 Å². The summed E-state index contributed by atoms with van der Waals surface area (Å²) < 4.78 is 12.5. The van der Waals surface area contributed by atoms with Crippen LogP contribution in [0.15, 0.2) is 29.6 Å². The van der Waals surface area contributed by atoms with Crippen molar-refractivity contribution in [3.63, 3.8) is 0 Å². The Morgan fingerprint density at radius 1 is 1.18 bits per heavy atom. The molecule has 2 atom stereocenters. The zero-order valence-electron chi connectivity index (χ0n) is 16.7. The van der Waals surface area contributed by atoms with Crippen molar-refractivity contribution in [2.45, 2.75) is 52.6 Å². The third kappa shape index (κ3) is 5.43. The fourth-order valence-corrected chi connectivity index (χ4v) is 4.01. The van der Waals surface area contributed by atoms with Crippen LogP contribution in [0.1, 0.15) is 33.3 Å². The van der Waals surface area contributed by atoms with Gasteiger partial charge in [0.2, 0.25) is 5.91 Å². The van der Waals surface area contributed by atoms with E-state index < -0.39 is 24.5 Å². The lowest BCUT2D eigenvalue weighted by molar-refractivity contribution is -0.179. The summed E-state index contributed by atoms with van der Waals surface area (Å²) in [6, 6.07) is 6.73. The summed E-state index contributed by atoms with van der Waals surface area (Å²) in [5.74, 6) is -0.324. The minimum atomic E-state index is -1.24. The summed E-state index contributed by atoms with van der Waals surface area (Å²) >= 11 is 1.62. The highest BCUT2D eigenvalue weighted by Crippen LogP contribution is 2.28. The highest BCUT2D eigenvalue weighted by molar-refractivity contribution is 7.17. The van der Waals surface area contributed by atoms with Crippen LogP contribution in [-0.4, -0.2) is 53.6 Å². The van der Waals surface area contributed by atoms with Crippen molar-refractivity contribution in [2.24, 2.45) is 0 Å². The molecule has 0 radical (unpaired) electrons. The van der Waals surface area contributed by atoms with Crippen molar-refractivity contribution in [3.05, 3.63) is 35.2 Å². The predicted molar refractivity (Wildman–Crippen MR) is 109 cm³/mol. The monoisotopic (exact) mass is 408 g/mol. The van der Waals surface area contributed by atoms with E-state index in [1.807, 2.05) is 50.4 Å². The first-order valence-electron chi connectivity index (χ1n) is 9.37. The summed E-state index contributed by atoms with van der Waals surface area (Å²) in [6.45, 7) is 8.36. The molecule has 2 aromatic rings. The van der Waals surface area contributed by atoms with Crippen LogP contribution in [-0.2, 0) is 20.8 Å². The summed E-state index contributed by atoms with van der Waals surface area (Å²) in [6.07, 6.45) is -1.83. The van der Waals surface area contributed by atoms with Gasteiger partial charge in [0.05, 0.1) is 6.04 Å². The number of ether oxygens (including phenoxy) is 2. The number of carboxylic acid groups (broad SMARTS) is 1. The SMILES string of the molecule is CCOC(OCC)[C@H](C)N(Cc1csc2ccccc12)C(=O)[C@H](C)NC(=O)O. The number of carbonyl (C=O) groups is 2. The van der Waals surface area contributed by atoms with Crippen molar-refractivity contribution in [3.8, 4) is 0 Å². The predicted octanol–water partition coefficient (Wildman–Crippen LogP) is 3.67. The van der Waals surface area contributed by atoms with Gasteiger partial charge in [-0.25, -0.2) is 4.79 Å². The second kappa shape index (κ2) is 10.4. The molecule has 154 valence electrons. The number of benzene rings is 1. The lowest BCUT2D eigenvalue weighted by atomic mass is 10.1. The highest BCUT2D eigenvalue weighted by atomic mass is 32.1. The van der Waals surface area contributed by atoms with Gasteiger partial charge in [-0.15, -0.1) is 11.3 Å². The van der Waals surface area contributed by atoms with E-state index in [-0.39, 0.29) is 5.91 Å². The molecule has 2 amide bonds. The molecule has 0 unspecified atom stereocenters. The summed E-state index contributed by atoms with van der Waals surface area (Å²) in [5.41, 5.74) is 1.01. The summed E-state index contributed by atoms with van der Waals surface area (Å²) in [4.78, 5) is 25.7. The van der Waals surface area contributed by atoms with E-state index in [0.29, 0.717) is 19.8 Å². The van der Waals surface area contributed by atoms with Gasteiger partial charge < -0.3 is 24.8 Å². The van der Waals surface area contributed by atoms with Crippen LogP contribution in [0, 0.1) is 0 Å². The molecule has 8 heteroatoms. The number of nitrogens with zero attached hydrogens (tertiary/aromatic N) is 1. The minimum absolute atomic E-state index is 0.324. The standard InChI is InChI=1S/C20H28N2O5S/c1-5-26-19(27-6-2)14(4)22(18(23)13(3)21-20(24)25)11-15-12-28-17-10-8-7-9-16(15)17/h7-10,12-14,19,21H,5-6,11H2,1-4H3,(H,24,25)/t13-,14-/m0/s1. The molecule has 0 saturated heterocycles. The first kappa shape index (κ1) is 22.1. The van der Waals surface area contributed by atoms with E-state index in [1.165, 1.54) is 6.92 Å². The Bertz CT molecular complexity index is 788. The smallest absolute Gasteiger partial charge is 0.405 e. The third-order valence-electron chi connectivity index (χ3n) is 4.44. The zero-order valence-corrected chi connectivity index (χ0v) is 17.5. The molecule has 1 aromatic heterocycles. The highest BCUT2D eigenvalue weighted by Gasteiger charge is 2.32. The number of hydrogen-bond donors (Lipinski definition) is 2. The van der Waals surface area contributed by atoms with Crippen molar-refractivity contribution in [2.75, 3.05) is 13.2 Å². The number of thiophene rings is 1. The fraction of sp³-hybridized carbons (Fsp3) is 0.500. The largest absolute Gasteiger partial charge is 0.465 e. The van der Waals surface area contributed by atoms with E-state index in [9.17, 15) is 9.59 Å². The molecule has 2 N–H and O–H groups in total. The van der Waals surface area contributed by atoms with E-state index in [0.717, 1.165) is 15.6 Å². The Morgan fingerprint density at radius 2 is 1.82 bits per heavy atom. The van der Waals surface area contributed by atoms with Gasteiger partial charge in [0.1, 0.15) is 6.04 Å². The number of amides is 2. The molecule has 0 bridgehead atoms. The third-order valence-corrected chi connectivity index (χ3v) is 5.46. The molecular weight excluding hydrogens is 380 g/mol. The van der Waals surface area contributed by atoms with Gasteiger partial charge in [-0.3, -0.25) is 4.79 Å². The molecule has 0 saturated carbocycles. The molecule has 0 aliphatic carbocycles. The van der Waals surface area contributed by atoms with Crippen LogP contribution < -0.4 is 5.32 Å². The fourth-order valence-electron chi connectivity index (χ4n) is 3.06. The van der Waals surface area contributed by atoms with Crippen LogP contribution in [0.4, 0.5) is 4.79 Å². The average molecular weight is 409 g/mol. The zero-order chi connectivity index (χ0) is 20.7.